The van der Waals surface area contributed by atoms with Crippen molar-refractivity contribution in [3.8, 4) is 63.9 Å². The Hall–Kier alpha value is -5.69. The summed E-state index contributed by atoms with van der Waals surface area (Å²) in [6, 6.07) is 11.1. The molecule has 340 valence electrons. The summed E-state index contributed by atoms with van der Waals surface area (Å²) in [7, 11) is 4.53. The lowest BCUT2D eigenvalue weighted by molar-refractivity contribution is -0.0565. The average Bonchev–Trinajstić information content (AvgIpc) is 3.93. The molecule has 1 fully saturated rings. The van der Waals surface area contributed by atoms with Crippen LogP contribution < -0.4 is 23.7 Å². The van der Waals surface area contributed by atoms with Crippen LogP contribution in [-0.4, -0.2) is 119 Å². The van der Waals surface area contributed by atoms with Gasteiger partial charge in [0, 0.05) is 68.6 Å². The van der Waals surface area contributed by atoms with Crippen LogP contribution in [0.25, 0.3) is 44.6 Å². The number of benzene rings is 2. The van der Waals surface area contributed by atoms with Gasteiger partial charge in [-0.3, -0.25) is 4.90 Å². The Kier molecular flexibility index (Phi) is 17.6. The highest BCUT2D eigenvalue weighted by atomic mass is 35.5. The van der Waals surface area contributed by atoms with E-state index in [1.54, 1.807) is 30.5 Å². The number of nitriles is 2. The van der Waals surface area contributed by atoms with Crippen LogP contribution in [0.4, 0.5) is 8.78 Å². The predicted octanol–water partition coefficient (Wildman–Crippen LogP) is 9.84. The summed E-state index contributed by atoms with van der Waals surface area (Å²) in [5.74, 6) is -1.24. The third-order valence-electron chi connectivity index (χ3n) is 10.2. The molecule has 1 saturated heterocycles. The molecule has 2 N–H and O–H groups in total. The van der Waals surface area contributed by atoms with Crippen LogP contribution >= 0.6 is 34.8 Å². The standard InChI is InChI=1S/C22H22ClF2N5O3.C20H21Cl2N5O2.C2H6/c1-31-16-9-14(15(23)10-17(16)32-2)19-18-13(11-26)12-27-20(18)29-21(28-19)33-8-7-30-5-3-22(24,25)4-6-30;1-4-27(5-2)6-7-29-20-25-18(17-12(10-23)11-24-19(17)26-20)13-8-16(28-3)15(22)9-14(13)21;1-2/h9-10,12H,3-8H2,1-2H3,(H,27,28,29);8-9,11H,4-7H2,1-3H3,(H,24,25,26);1-2H3. The summed E-state index contributed by atoms with van der Waals surface area (Å²) in [6.45, 7) is 12.6. The number of aromatic nitrogens is 6. The first-order valence-corrected chi connectivity index (χ1v) is 21.6. The molecule has 1 aliphatic rings. The van der Waals surface area contributed by atoms with Gasteiger partial charge in [-0.1, -0.05) is 62.5 Å². The molecule has 5 heterocycles. The smallest absolute Gasteiger partial charge is 0.319 e. The Morgan fingerprint density at radius 3 is 1.66 bits per heavy atom. The number of ether oxygens (including phenoxy) is 5. The molecule has 20 heteroatoms. The Morgan fingerprint density at radius 1 is 0.703 bits per heavy atom. The van der Waals surface area contributed by atoms with Crippen molar-refractivity contribution in [2.24, 2.45) is 0 Å². The summed E-state index contributed by atoms with van der Waals surface area (Å²) in [4.78, 5) is 28.0. The fraction of sp³-hybridized carbons (Fsp3) is 0.409. The van der Waals surface area contributed by atoms with Gasteiger partial charge in [-0.25, -0.2) is 8.78 Å². The van der Waals surface area contributed by atoms with Crippen LogP contribution in [0.1, 0.15) is 51.7 Å². The molecule has 0 bridgehead atoms. The highest BCUT2D eigenvalue weighted by molar-refractivity contribution is 6.37. The van der Waals surface area contributed by atoms with E-state index in [2.05, 4.69) is 60.8 Å². The van der Waals surface area contributed by atoms with Gasteiger partial charge in [0.1, 0.15) is 42.4 Å². The molecule has 2 aromatic carbocycles. The summed E-state index contributed by atoms with van der Waals surface area (Å²) in [6.07, 6.45) is 2.81. The fourth-order valence-electron chi connectivity index (χ4n) is 6.80. The Balaban J connectivity index is 0.000000234. The minimum Gasteiger partial charge on any atom is -0.495 e. The first-order valence-electron chi connectivity index (χ1n) is 20.5. The van der Waals surface area contributed by atoms with Gasteiger partial charge in [0.25, 0.3) is 5.92 Å². The molecule has 0 aliphatic carbocycles. The Bertz CT molecular complexity index is 2620. The third-order valence-corrected chi connectivity index (χ3v) is 11.2. The number of fused-ring (bicyclic) bond motifs is 2. The van der Waals surface area contributed by atoms with E-state index in [0.717, 1.165) is 19.6 Å². The molecule has 6 aromatic rings. The number of likely N-dealkylation sites (tertiary alicyclic amines) is 1. The van der Waals surface area contributed by atoms with E-state index in [0.29, 0.717) is 114 Å². The van der Waals surface area contributed by atoms with Crippen LogP contribution in [0, 0.1) is 22.7 Å². The number of halogens is 5. The lowest BCUT2D eigenvalue weighted by Crippen LogP contribution is -2.41. The first-order chi connectivity index (χ1) is 30.9. The molecule has 0 saturated carbocycles. The number of hydrogen-bond donors (Lipinski definition) is 2. The molecule has 64 heavy (non-hydrogen) atoms. The van der Waals surface area contributed by atoms with E-state index in [9.17, 15) is 19.3 Å². The quantitative estimate of drug-likeness (QED) is 0.0993. The average molecular weight is 942 g/mol. The minimum atomic E-state index is -2.59. The summed E-state index contributed by atoms with van der Waals surface area (Å²) in [5.41, 5.74) is 3.64. The molecule has 7 rings (SSSR count). The maximum absolute atomic E-state index is 13.4. The highest BCUT2D eigenvalue weighted by Gasteiger charge is 2.34. The van der Waals surface area contributed by atoms with Crippen LogP contribution in [0.15, 0.2) is 36.7 Å². The highest BCUT2D eigenvalue weighted by Crippen LogP contribution is 2.42. The predicted molar refractivity (Wildman–Crippen MR) is 244 cm³/mol. The maximum atomic E-state index is 13.4. The molecular weight excluding hydrogens is 893 g/mol. The molecule has 0 radical (unpaired) electrons. The zero-order valence-electron chi connectivity index (χ0n) is 36.5. The van der Waals surface area contributed by atoms with E-state index >= 15 is 0 Å². The molecule has 15 nitrogen and oxygen atoms in total. The minimum absolute atomic E-state index is 0.0806. The van der Waals surface area contributed by atoms with Gasteiger partial charge >= 0.3 is 12.0 Å². The number of aromatic amines is 2. The fourth-order valence-corrected chi connectivity index (χ4v) is 7.59. The molecule has 0 unspecified atom stereocenters. The molecule has 1 aliphatic heterocycles. The number of nitrogens with zero attached hydrogens (tertiary/aromatic N) is 8. The number of piperidine rings is 1. The van der Waals surface area contributed by atoms with Crippen LogP contribution in [0.3, 0.4) is 0 Å². The van der Waals surface area contributed by atoms with Crippen molar-refractivity contribution >= 4 is 56.9 Å². The van der Waals surface area contributed by atoms with Crippen molar-refractivity contribution in [1.82, 2.24) is 39.7 Å². The van der Waals surface area contributed by atoms with Gasteiger partial charge < -0.3 is 38.6 Å². The zero-order valence-corrected chi connectivity index (χ0v) is 38.8. The summed E-state index contributed by atoms with van der Waals surface area (Å²) < 4.78 is 54.3. The number of methoxy groups -OCH3 is 3. The number of nitrogens with one attached hydrogen (secondary N) is 2. The van der Waals surface area contributed by atoms with E-state index in [1.165, 1.54) is 27.5 Å². The maximum Gasteiger partial charge on any atom is 0.319 e. The van der Waals surface area contributed by atoms with E-state index in [1.807, 2.05) is 18.7 Å². The monoisotopic (exact) mass is 940 g/mol. The molecule has 0 atom stereocenters. The van der Waals surface area contributed by atoms with Crippen molar-refractivity contribution in [2.75, 3.05) is 73.8 Å². The number of H-pyrrole nitrogens is 2. The van der Waals surface area contributed by atoms with E-state index in [4.69, 9.17) is 58.5 Å². The second-order valence-electron chi connectivity index (χ2n) is 13.9. The summed E-state index contributed by atoms with van der Waals surface area (Å²) in [5, 5.41) is 21.2. The van der Waals surface area contributed by atoms with Gasteiger partial charge in [0.2, 0.25) is 0 Å². The number of likely N-dealkylation sites (N-methyl/N-ethyl adjacent to an activating group) is 1. The van der Waals surface area contributed by atoms with Gasteiger partial charge in [-0.15, -0.1) is 0 Å². The van der Waals surface area contributed by atoms with Crippen molar-refractivity contribution in [1.29, 1.82) is 10.5 Å². The van der Waals surface area contributed by atoms with Gasteiger partial charge in [0.05, 0.1) is 69.7 Å². The normalized spacial score (nSPS) is 13.3. The van der Waals surface area contributed by atoms with Crippen LogP contribution in [0.2, 0.25) is 15.1 Å². The Morgan fingerprint density at radius 2 is 1.17 bits per heavy atom. The van der Waals surface area contributed by atoms with Crippen molar-refractivity contribution < 1.29 is 32.5 Å². The first kappa shape index (κ1) is 49.3. The lowest BCUT2D eigenvalue weighted by Gasteiger charge is -2.31. The second-order valence-corrected chi connectivity index (χ2v) is 15.1. The Labute approximate surface area is 385 Å². The van der Waals surface area contributed by atoms with Crippen LogP contribution in [0.5, 0.6) is 29.3 Å². The lowest BCUT2D eigenvalue weighted by atomic mass is 10.1. The zero-order chi connectivity index (χ0) is 46.6. The van der Waals surface area contributed by atoms with E-state index in [-0.39, 0.29) is 31.5 Å². The van der Waals surface area contributed by atoms with Gasteiger partial charge in [0.15, 0.2) is 11.5 Å². The summed E-state index contributed by atoms with van der Waals surface area (Å²) >= 11 is 19.1. The van der Waals surface area contributed by atoms with Crippen molar-refractivity contribution in [3.05, 3.63) is 62.9 Å². The SMILES string of the molecule is CC.CCN(CC)CCOc1nc(-c2cc(OC)c(Cl)cc2Cl)c2c(C#N)c[nH]c2n1.COc1cc(Cl)c(-c2nc(OCCN3CCC(F)(F)CC3)nc3[nH]cc(C#N)c23)cc1OC. The number of alkyl halides is 2. The van der Waals surface area contributed by atoms with Crippen molar-refractivity contribution in [2.45, 2.75) is 46.5 Å². The number of rotatable bonds is 15. The molecule has 4 aromatic heterocycles. The van der Waals surface area contributed by atoms with E-state index < -0.39 is 5.92 Å². The number of hydrogen-bond acceptors (Lipinski definition) is 13. The molecule has 0 spiro atoms. The van der Waals surface area contributed by atoms with Crippen molar-refractivity contribution in [3.63, 3.8) is 0 Å². The van der Waals surface area contributed by atoms with Gasteiger partial charge in [-0.2, -0.15) is 30.5 Å². The third kappa shape index (κ3) is 11.5. The topological polar surface area (TPSA) is 183 Å². The molecular formula is C44H49Cl3F2N10O5. The second kappa shape index (κ2) is 22.8. The molecule has 0 amide bonds. The largest absolute Gasteiger partial charge is 0.495 e. The van der Waals surface area contributed by atoms with Crippen LogP contribution in [-0.2, 0) is 0 Å². The van der Waals surface area contributed by atoms with Gasteiger partial charge in [-0.05, 0) is 31.3 Å².